The molecule has 5 rings (SSSR count). The van der Waals surface area contributed by atoms with Gasteiger partial charge in [0.2, 0.25) is 0 Å². The third-order valence-electron chi connectivity index (χ3n) is 4.57. The SMILES string of the molecule is COc1ccc2c(c1)[C@H]1c3ccccc3[C@H]2[C@@H](Cl)[C@H]1Cl. The number of benzene rings is 2. The van der Waals surface area contributed by atoms with Crippen molar-refractivity contribution in [3.8, 4) is 5.75 Å². The number of fused-ring (bicyclic) bond motifs is 1. The summed E-state index contributed by atoms with van der Waals surface area (Å²) in [6, 6.07) is 14.8. The zero-order chi connectivity index (χ0) is 13.9. The Hall–Kier alpha value is -1.18. The molecular formula is C17H14Cl2O. The topological polar surface area (TPSA) is 9.23 Å². The lowest BCUT2D eigenvalue weighted by Gasteiger charge is -2.46. The molecular weight excluding hydrogens is 291 g/mol. The number of halogens is 2. The van der Waals surface area contributed by atoms with E-state index in [1.54, 1.807) is 7.11 Å². The fourth-order valence-corrected chi connectivity index (χ4v) is 4.53. The number of methoxy groups -OCH3 is 1. The van der Waals surface area contributed by atoms with Gasteiger partial charge in [0, 0.05) is 11.8 Å². The van der Waals surface area contributed by atoms with Crippen LogP contribution in [0.4, 0.5) is 0 Å². The molecule has 20 heavy (non-hydrogen) atoms. The normalized spacial score (nSPS) is 29.8. The summed E-state index contributed by atoms with van der Waals surface area (Å²) in [5, 5.41) is -0.131. The molecule has 102 valence electrons. The lowest BCUT2D eigenvalue weighted by Crippen LogP contribution is -2.41. The van der Waals surface area contributed by atoms with Gasteiger partial charge in [0.05, 0.1) is 17.9 Å². The minimum atomic E-state index is -0.0730. The van der Waals surface area contributed by atoms with Crippen LogP contribution >= 0.6 is 23.2 Å². The van der Waals surface area contributed by atoms with Crippen LogP contribution in [-0.2, 0) is 0 Å². The summed E-state index contributed by atoms with van der Waals surface area (Å²) in [5.41, 5.74) is 5.21. The van der Waals surface area contributed by atoms with E-state index in [4.69, 9.17) is 27.9 Å². The first-order valence-electron chi connectivity index (χ1n) is 6.77. The van der Waals surface area contributed by atoms with Crippen molar-refractivity contribution in [3.63, 3.8) is 0 Å². The maximum absolute atomic E-state index is 6.64. The average Bonchev–Trinajstić information content (AvgIpc) is 2.49. The first-order chi connectivity index (χ1) is 9.72. The molecule has 0 aromatic heterocycles. The molecule has 1 nitrogen and oxygen atoms in total. The summed E-state index contributed by atoms with van der Waals surface area (Å²) in [5.74, 6) is 1.22. The van der Waals surface area contributed by atoms with Crippen molar-refractivity contribution in [2.45, 2.75) is 22.6 Å². The summed E-state index contributed by atoms with van der Waals surface area (Å²) >= 11 is 13.3. The highest BCUT2D eigenvalue weighted by molar-refractivity contribution is 6.31. The molecule has 0 radical (unpaired) electrons. The predicted molar refractivity (Wildman–Crippen MR) is 82.4 cm³/mol. The van der Waals surface area contributed by atoms with E-state index in [0.29, 0.717) is 0 Å². The Morgan fingerprint density at radius 1 is 0.800 bits per heavy atom. The number of alkyl halides is 2. The standard InChI is InChI=1S/C17H14Cl2O/c1-20-9-6-7-12-13(8-9)15-11-5-3-2-4-10(11)14(12)16(18)17(15)19/h2-8,14-17H,1H3/t14-,15-,16-,17+/m1/s1. The zero-order valence-electron chi connectivity index (χ0n) is 11.0. The van der Waals surface area contributed by atoms with E-state index in [0.717, 1.165) is 5.75 Å². The highest BCUT2D eigenvalue weighted by Crippen LogP contribution is 2.56. The maximum Gasteiger partial charge on any atom is 0.119 e. The Balaban J connectivity index is 2.00. The molecule has 0 spiro atoms. The van der Waals surface area contributed by atoms with Crippen LogP contribution in [0.5, 0.6) is 5.75 Å². The summed E-state index contributed by atoms with van der Waals surface area (Å²) in [6.45, 7) is 0. The van der Waals surface area contributed by atoms with Crippen LogP contribution in [-0.4, -0.2) is 17.9 Å². The summed E-state index contributed by atoms with van der Waals surface area (Å²) in [4.78, 5) is 0. The fourth-order valence-electron chi connectivity index (χ4n) is 3.70. The summed E-state index contributed by atoms with van der Waals surface area (Å²) in [7, 11) is 1.69. The first-order valence-corrected chi connectivity index (χ1v) is 7.64. The molecule has 0 heterocycles. The molecule has 3 heteroatoms. The molecule has 0 saturated heterocycles. The van der Waals surface area contributed by atoms with Crippen molar-refractivity contribution in [1.82, 2.24) is 0 Å². The quantitative estimate of drug-likeness (QED) is 0.705. The number of hydrogen-bond donors (Lipinski definition) is 0. The van der Waals surface area contributed by atoms with Gasteiger partial charge in [-0.15, -0.1) is 23.2 Å². The van der Waals surface area contributed by atoms with E-state index in [1.165, 1.54) is 22.3 Å². The summed E-state index contributed by atoms with van der Waals surface area (Å²) in [6.07, 6.45) is 0. The molecule has 4 atom stereocenters. The van der Waals surface area contributed by atoms with Crippen LogP contribution in [0, 0.1) is 0 Å². The molecule has 0 N–H and O–H groups in total. The van der Waals surface area contributed by atoms with Crippen LogP contribution < -0.4 is 4.74 Å². The van der Waals surface area contributed by atoms with Gasteiger partial charge in [-0.3, -0.25) is 0 Å². The van der Waals surface area contributed by atoms with Gasteiger partial charge in [-0.1, -0.05) is 30.3 Å². The summed E-state index contributed by atoms with van der Waals surface area (Å²) < 4.78 is 5.36. The van der Waals surface area contributed by atoms with Crippen molar-refractivity contribution < 1.29 is 4.74 Å². The monoisotopic (exact) mass is 304 g/mol. The van der Waals surface area contributed by atoms with Gasteiger partial charge in [0.15, 0.2) is 0 Å². The molecule has 0 saturated carbocycles. The Kier molecular flexibility index (Phi) is 2.77. The lowest BCUT2D eigenvalue weighted by atomic mass is 9.63. The van der Waals surface area contributed by atoms with Gasteiger partial charge in [-0.05, 0) is 34.4 Å². The van der Waals surface area contributed by atoms with Crippen LogP contribution in [0.25, 0.3) is 0 Å². The highest BCUT2D eigenvalue weighted by atomic mass is 35.5. The van der Waals surface area contributed by atoms with Crippen molar-refractivity contribution in [3.05, 3.63) is 64.7 Å². The van der Waals surface area contributed by atoms with Crippen LogP contribution in [0.2, 0.25) is 0 Å². The van der Waals surface area contributed by atoms with Crippen LogP contribution in [0.15, 0.2) is 42.5 Å². The van der Waals surface area contributed by atoms with Crippen LogP contribution in [0.3, 0.4) is 0 Å². The van der Waals surface area contributed by atoms with Gasteiger partial charge in [0.25, 0.3) is 0 Å². The second kappa shape index (κ2) is 4.41. The molecule has 3 aliphatic rings. The minimum Gasteiger partial charge on any atom is -0.497 e. The van der Waals surface area contributed by atoms with Crippen molar-refractivity contribution in [2.75, 3.05) is 7.11 Å². The van der Waals surface area contributed by atoms with Crippen molar-refractivity contribution in [2.24, 2.45) is 0 Å². The minimum absolute atomic E-state index is 0.0579. The van der Waals surface area contributed by atoms with Crippen molar-refractivity contribution in [1.29, 1.82) is 0 Å². The van der Waals surface area contributed by atoms with Crippen molar-refractivity contribution >= 4 is 23.2 Å². The van der Waals surface area contributed by atoms with Gasteiger partial charge in [0.1, 0.15) is 5.75 Å². The molecule has 0 aliphatic heterocycles. The molecule has 0 amide bonds. The smallest absolute Gasteiger partial charge is 0.119 e. The Morgan fingerprint density at radius 3 is 1.95 bits per heavy atom. The molecule has 2 aromatic rings. The Labute approximate surface area is 128 Å². The molecule has 2 aromatic carbocycles. The van der Waals surface area contributed by atoms with Crippen LogP contribution in [0.1, 0.15) is 34.1 Å². The fraction of sp³-hybridized carbons (Fsp3) is 0.294. The predicted octanol–water partition coefficient (Wildman–Crippen LogP) is 4.50. The third kappa shape index (κ3) is 1.51. The first kappa shape index (κ1) is 12.6. The number of ether oxygens (including phenoxy) is 1. The van der Waals surface area contributed by atoms with Gasteiger partial charge < -0.3 is 4.74 Å². The van der Waals surface area contributed by atoms with E-state index < -0.39 is 0 Å². The van der Waals surface area contributed by atoms with Gasteiger partial charge in [-0.2, -0.15) is 0 Å². The van der Waals surface area contributed by atoms with E-state index >= 15 is 0 Å². The Morgan fingerprint density at radius 2 is 1.35 bits per heavy atom. The Bertz CT molecular complexity index is 682. The van der Waals surface area contributed by atoms with Gasteiger partial charge >= 0.3 is 0 Å². The second-order valence-electron chi connectivity index (χ2n) is 5.47. The second-order valence-corrected chi connectivity index (χ2v) is 6.48. The zero-order valence-corrected chi connectivity index (χ0v) is 12.5. The largest absolute Gasteiger partial charge is 0.497 e. The average molecular weight is 305 g/mol. The number of hydrogen-bond acceptors (Lipinski definition) is 1. The van der Waals surface area contributed by atoms with E-state index in [1.807, 2.05) is 6.07 Å². The van der Waals surface area contributed by atoms with E-state index in [9.17, 15) is 0 Å². The van der Waals surface area contributed by atoms with E-state index in [-0.39, 0.29) is 22.6 Å². The lowest BCUT2D eigenvalue weighted by molar-refractivity contribution is 0.412. The maximum atomic E-state index is 6.64. The van der Waals surface area contributed by atoms with E-state index in [2.05, 4.69) is 36.4 Å². The molecule has 3 aliphatic carbocycles. The third-order valence-corrected chi connectivity index (χ3v) is 5.75. The molecule has 0 unspecified atom stereocenters. The number of rotatable bonds is 1. The molecule has 2 bridgehead atoms. The highest BCUT2D eigenvalue weighted by Gasteiger charge is 2.48. The van der Waals surface area contributed by atoms with Gasteiger partial charge in [-0.25, -0.2) is 0 Å². The molecule has 0 fully saturated rings.